The van der Waals surface area contributed by atoms with E-state index in [-0.39, 0.29) is 4.88 Å². The molecule has 0 spiro atoms. The first kappa shape index (κ1) is 13.1. The molecule has 2 rings (SSSR count). The molecule has 0 aliphatic carbocycles. The predicted octanol–water partition coefficient (Wildman–Crippen LogP) is 4.20. The number of carboxylic acids is 1. The van der Waals surface area contributed by atoms with Crippen molar-refractivity contribution in [3.8, 4) is 0 Å². The van der Waals surface area contributed by atoms with Gasteiger partial charge in [-0.3, -0.25) is 0 Å². The monoisotopic (exact) mass is 302 g/mol. The molecular weight excluding hydrogens is 295 g/mol. The summed E-state index contributed by atoms with van der Waals surface area (Å²) in [6.07, 6.45) is 1.28. The Bertz CT molecular complexity index is 613. The minimum absolute atomic E-state index is 0.150. The molecule has 7 heteroatoms. The van der Waals surface area contributed by atoms with E-state index in [9.17, 15) is 4.79 Å². The van der Waals surface area contributed by atoms with Crippen molar-refractivity contribution in [2.24, 2.45) is 0 Å². The summed E-state index contributed by atoms with van der Waals surface area (Å²) < 4.78 is 0. The maximum absolute atomic E-state index is 10.7. The Morgan fingerprint density at radius 3 is 2.78 bits per heavy atom. The summed E-state index contributed by atoms with van der Waals surface area (Å²) in [7, 11) is 0. The standard InChI is InChI=1S/C11H8Cl2N2O2S/c1-5-2-3-6(12)9(8(5)13)15-11-14-4-7(18-11)10(16)17/h2-4H,1H3,(H,14,15)(H,16,17). The first-order valence-corrected chi connectivity index (χ1v) is 6.47. The number of rotatable bonds is 3. The summed E-state index contributed by atoms with van der Waals surface area (Å²) in [5, 5.41) is 13.1. The van der Waals surface area contributed by atoms with Crippen molar-refractivity contribution in [3.05, 3.63) is 38.8 Å². The van der Waals surface area contributed by atoms with Crippen LogP contribution in [0.4, 0.5) is 10.8 Å². The quantitative estimate of drug-likeness (QED) is 0.892. The molecule has 0 aliphatic heterocycles. The van der Waals surface area contributed by atoms with Gasteiger partial charge in [0, 0.05) is 0 Å². The molecule has 0 atom stereocenters. The molecular formula is C11H8Cl2N2O2S. The smallest absolute Gasteiger partial charge is 0.347 e. The third kappa shape index (κ3) is 2.58. The first-order chi connectivity index (χ1) is 8.49. The Morgan fingerprint density at radius 1 is 1.44 bits per heavy atom. The number of carbonyl (C=O) groups is 1. The number of aromatic carboxylic acids is 1. The van der Waals surface area contributed by atoms with Gasteiger partial charge in [0.05, 0.1) is 21.9 Å². The zero-order valence-corrected chi connectivity index (χ0v) is 11.5. The largest absolute Gasteiger partial charge is 0.477 e. The maximum atomic E-state index is 10.7. The molecule has 0 fully saturated rings. The van der Waals surface area contributed by atoms with Gasteiger partial charge >= 0.3 is 5.97 Å². The van der Waals surface area contributed by atoms with Crippen LogP contribution in [0.2, 0.25) is 10.0 Å². The number of aromatic nitrogens is 1. The molecule has 0 bridgehead atoms. The van der Waals surface area contributed by atoms with Crippen molar-refractivity contribution >= 4 is 51.3 Å². The topological polar surface area (TPSA) is 62.2 Å². The average molecular weight is 303 g/mol. The number of hydrogen-bond donors (Lipinski definition) is 2. The molecule has 0 saturated carbocycles. The number of thiazole rings is 1. The van der Waals surface area contributed by atoms with E-state index >= 15 is 0 Å². The number of anilines is 2. The lowest BCUT2D eigenvalue weighted by atomic mass is 10.2. The van der Waals surface area contributed by atoms with E-state index in [1.807, 2.05) is 6.92 Å². The second kappa shape index (κ2) is 5.14. The highest BCUT2D eigenvalue weighted by Crippen LogP contribution is 2.35. The Labute approximate surface area is 117 Å². The van der Waals surface area contributed by atoms with Gasteiger partial charge in [-0.1, -0.05) is 40.6 Å². The van der Waals surface area contributed by atoms with Gasteiger partial charge in [-0.25, -0.2) is 9.78 Å². The van der Waals surface area contributed by atoms with Gasteiger partial charge in [0.2, 0.25) is 0 Å². The van der Waals surface area contributed by atoms with Crippen molar-refractivity contribution in [3.63, 3.8) is 0 Å². The number of nitrogens with one attached hydrogen (secondary N) is 1. The summed E-state index contributed by atoms with van der Waals surface area (Å²) in [6.45, 7) is 1.86. The molecule has 0 amide bonds. The Hall–Kier alpha value is -1.30. The van der Waals surface area contributed by atoms with E-state index in [1.165, 1.54) is 6.20 Å². The van der Waals surface area contributed by atoms with Crippen LogP contribution in [0.25, 0.3) is 0 Å². The fraction of sp³-hybridized carbons (Fsp3) is 0.0909. The predicted molar refractivity (Wildman–Crippen MR) is 73.6 cm³/mol. The molecule has 1 aromatic heterocycles. The number of aryl methyl sites for hydroxylation is 1. The molecule has 0 saturated heterocycles. The van der Waals surface area contributed by atoms with E-state index < -0.39 is 5.97 Å². The van der Waals surface area contributed by atoms with Gasteiger partial charge in [-0.15, -0.1) is 0 Å². The van der Waals surface area contributed by atoms with Crippen LogP contribution in [0.5, 0.6) is 0 Å². The zero-order valence-electron chi connectivity index (χ0n) is 9.20. The van der Waals surface area contributed by atoms with E-state index in [0.29, 0.717) is 20.9 Å². The molecule has 2 N–H and O–H groups in total. The highest BCUT2D eigenvalue weighted by molar-refractivity contribution is 7.17. The number of hydrogen-bond acceptors (Lipinski definition) is 4. The van der Waals surface area contributed by atoms with Gasteiger partial charge in [0.25, 0.3) is 0 Å². The molecule has 1 aromatic carbocycles. The van der Waals surface area contributed by atoms with E-state index in [0.717, 1.165) is 16.9 Å². The molecule has 0 radical (unpaired) electrons. The second-order valence-corrected chi connectivity index (χ2v) is 5.33. The normalized spacial score (nSPS) is 10.4. The van der Waals surface area contributed by atoms with Crippen molar-refractivity contribution in [1.82, 2.24) is 4.98 Å². The minimum Gasteiger partial charge on any atom is -0.477 e. The van der Waals surface area contributed by atoms with E-state index in [1.54, 1.807) is 12.1 Å². The van der Waals surface area contributed by atoms with Crippen LogP contribution >= 0.6 is 34.5 Å². The van der Waals surface area contributed by atoms with Gasteiger partial charge in [0.15, 0.2) is 5.13 Å². The fourth-order valence-corrected chi connectivity index (χ4v) is 2.43. The molecule has 0 unspecified atom stereocenters. The van der Waals surface area contributed by atoms with Gasteiger partial charge in [-0.05, 0) is 18.6 Å². The van der Waals surface area contributed by atoms with Crippen LogP contribution in [-0.2, 0) is 0 Å². The summed E-state index contributed by atoms with van der Waals surface area (Å²) in [6, 6.07) is 3.52. The van der Waals surface area contributed by atoms with Crippen molar-refractivity contribution in [2.75, 3.05) is 5.32 Å². The third-order valence-electron chi connectivity index (χ3n) is 2.23. The Kier molecular flexibility index (Phi) is 3.75. The number of carboxylic acid groups (broad SMARTS) is 1. The highest BCUT2D eigenvalue weighted by atomic mass is 35.5. The lowest BCUT2D eigenvalue weighted by Crippen LogP contribution is -1.93. The fourth-order valence-electron chi connectivity index (χ4n) is 1.31. The maximum Gasteiger partial charge on any atom is 0.347 e. The van der Waals surface area contributed by atoms with Crippen LogP contribution in [0.15, 0.2) is 18.3 Å². The number of benzene rings is 1. The van der Waals surface area contributed by atoms with Crippen molar-refractivity contribution in [1.29, 1.82) is 0 Å². The van der Waals surface area contributed by atoms with Crippen LogP contribution in [0, 0.1) is 6.92 Å². The number of halogens is 2. The van der Waals surface area contributed by atoms with Crippen molar-refractivity contribution in [2.45, 2.75) is 6.92 Å². The lowest BCUT2D eigenvalue weighted by Gasteiger charge is -2.09. The Morgan fingerprint density at radius 2 is 2.17 bits per heavy atom. The average Bonchev–Trinajstić information content (AvgIpc) is 2.78. The Balaban J connectivity index is 2.33. The third-order valence-corrected chi connectivity index (χ3v) is 3.94. The second-order valence-electron chi connectivity index (χ2n) is 3.51. The summed E-state index contributed by atoms with van der Waals surface area (Å²) in [4.78, 5) is 14.8. The summed E-state index contributed by atoms with van der Waals surface area (Å²) in [5.41, 5.74) is 1.41. The van der Waals surface area contributed by atoms with Crippen LogP contribution in [-0.4, -0.2) is 16.1 Å². The molecule has 2 aromatic rings. The minimum atomic E-state index is -1.01. The highest BCUT2D eigenvalue weighted by Gasteiger charge is 2.12. The molecule has 4 nitrogen and oxygen atoms in total. The molecule has 0 aliphatic rings. The van der Waals surface area contributed by atoms with E-state index in [4.69, 9.17) is 28.3 Å². The number of nitrogens with zero attached hydrogens (tertiary/aromatic N) is 1. The van der Waals surface area contributed by atoms with Crippen molar-refractivity contribution < 1.29 is 9.90 Å². The molecule has 18 heavy (non-hydrogen) atoms. The van der Waals surface area contributed by atoms with E-state index in [2.05, 4.69) is 10.3 Å². The summed E-state index contributed by atoms with van der Waals surface area (Å²) in [5.74, 6) is -1.01. The first-order valence-electron chi connectivity index (χ1n) is 4.90. The SMILES string of the molecule is Cc1ccc(Cl)c(Nc2ncc(C(=O)O)s2)c1Cl. The summed E-state index contributed by atoms with van der Waals surface area (Å²) >= 11 is 13.2. The molecule has 1 heterocycles. The van der Waals surface area contributed by atoms with Gasteiger partial charge < -0.3 is 10.4 Å². The van der Waals surface area contributed by atoms with Gasteiger partial charge in [-0.2, -0.15) is 0 Å². The van der Waals surface area contributed by atoms with Gasteiger partial charge in [0.1, 0.15) is 4.88 Å². The molecule has 94 valence electrons. The van der Waals surface area contributed by atoms with Crippen LogP contribution in [0.1, 0.15) is 15.2 Å². The lowest BCUT2D eigenvalue weighted by molar-refractivity contribution is 0.0702. The zero-order chi connectivity index (χ0) is 13.3. The van der Waals surface area contributed by atoms with Crippen LogP contribution in [0.3, 0.4) is 0 Å². The van der Waals surface area contributed by atoms with Crippen LogP contribution < -0.4 is 5.32 Å².